The number of alkyl halides is 3. The predicted octanol–water partition coefficient (Wildman–Crippen LogP) is 4.39. The van der Waals surface area contributed by atoms with Crippen LogP contribution in [0.25, 0.3) is 11.2 Å². The monoisotopic (exact) mass is 512 g/mol. The highest BCUT2D eigenvalue weighted by Crippen LogP contribution is 2.29. The molecule has 0 spiro atoms. The largest absolute Gasteiger partial charge is 0.497 e. The SMILES string of the molecule is COc1ccc(CCNc2nc(N3CCOCC3)nc3c2ncn3Cc2ccc(C(F)(F)F)cc2)cc1. The van der Waals surface area contributed by atoms with E-state index >= 15 is 0 Å². The average Bonchev–Trinajstić information content (AvgIpc) is 3.32. The topological polar surface area (TPSA) is 77.3 Å². The van der Waals surface area contributed by atoms with Crippen LogP contribution < -0.4 is 15.0 Å². The van der Waals surface area contributed by atoms with E-state index in [1.165, 1.54) is 12.1 Å². The first kappa shape index (κ1) is 24.8. The number of aromatic nitrogens is 4. The van der Waals surface area contributed by atoms with E-state index in [9.17, 15) is 13.2 Å². The normalized spacial score (nSPS) is 14.2. The van der Waals surface area contributed by atoms with E-state index in [-0.39, 0.29) is 0 Å². The molecule has 0 radical (unpaired) electrons. The number of ether oxygens (including phenoxy) is 2. The first-order valence-corrected chi connectivity index (χ1v) is 12.0. The second-order valence-electron chi connectivity index (χ2n) is 8.74. The highest BCUT2D eigenvalue weighted by Gasteiger charge is 2.30. The lowest BCUT2D eigenvalue weighted by molar-refractivity contribution is -0.137. The lowest BCUT2D eigenvalue weighted by atomic mass is 10.1. The Morgan fingerprint density at radius 2 is 1.68 bits per heavy atom. The fourth-order valence-electron chi connectivity index (χ4n) is 4.19. The average molecular weight is 513 g/mol. The lowest BCUT2D eigenvalue weighted by Gasteiger charge is -2.27. The molecular weight excluding hydrogens is 485 g/mol. The van der Waals surface area contributed by atoms with Crippen molar-refractivity contribution in [2.45, 2.75) is 19.1 Å². The van der Waals surface area contributed by atoms with E-state index in [2.05, 4.69) is 15.2 Å². The summed E-state index contributed by atoms with van der Waals surface area (Å²) >= 11 is 0. The summed E-state index contributed by atoms with van der Waals surface area (Å²) in [5.74, 6) is 1.99. The maximum absolute atomic E-state index is 13.0. The van der Waals surface area contributed by atoms with Crippen molar-refractivity contribution in [1.29, 1.82) is 0 Å². The number of methoxy groups -OCH3 is 1. The highest BCUT2D eigenvalue weighted by molar-refractivity contribution is 5.84. The van der Waals surface area contributed by atoms with Gasteiger partial charge in [-0.2, -0.15) is 23.1 Å². The highest BCUT2D eigenvalue weighted by atomic mass is 19.4. The molecule has 1 saturated heterocycles. The molecule has 2 aromatic carbocycles. The van der Waals surface area contributed by atoms with Gasteiger partial charge in [-0.05, 0) is 41.8 Å². The van der Waals surface area contributed by atoms with Crippen LogP contribution in [0.3, 0.4) is 0 Å². The van der Waals surface area contributed by atoms with Gasteiger partial charge in [0.2, 0.25) is 5.95 Å². The standard InChI is InChI=1S/C26H27F3N6O2/c1-36-21-8-4-18(5-9-21)10-11-30-23-22-24(33-25(32-23)34-12-14-37-15-13-34)35(17-31-22)16-19-2-6-20(7-3-19)26(27,28)29/h2-9,17H,10-16H2,1H3,(H,30,32,33). The number of morpholine rings is 1. The summed E-state index contributed by atoms with van der Waals surface area (Å²) < 4.78 is 51.4. The molecule has 1 aliphatic heterocycles. The molecule has 1 fully saturated rings. The molecule has 0 atom stereocenters. The van der Waals surface area contributed by atoms with Crippen molar-refractivity contribution in [3.05, 3.63) is 71.5 Å². The van der Waals surface area contributed by atoms with Crippen molar-refractivity contribution < 1.29 is 22.6 Å². The van der Waals surface area contributed by atoms with Gasteiger partial charge in [-0.1, -0.05) is 24.3 Å². The maximum atomic E-state index is 13.0. The van der Waals surface area contributed by atoms with Crippen LogP contribution in [-0.2, 0) is 23.9 Å². The van der Waals surface area contributed by atoms with Crippen LogP contribution in [0.4, 0.5) is 24.9 Å². The summed E-state index contributed by atoms with van der Waals surface area (Å²) in [5.41, 5.74) is 2.42. The molecule has 11 heteroatoms. The van der Waals surface area contributed by atoms with Crippen molar-refractivity contribution in [3.63, 3.8) is 0 Å². The molecule has 0 bridgehead atoms. The van der Waals surface area contributed by atoms with Gasteiger partial charge in [0.1, 0.15) is 5.75 Å². The number of halogens is 3. The van der Waals surface area contributed by atoms with E-state index in [0.717, 1.165) is 29.9 Å². The lowest BCUT2D eigenvalue weighted by Crippen LogP contribution is -2.37. The first-order chi connectivity index (χ1) is 17.9. The van der Waals surface area contributed by atoms with Crippen molar-refractivity contribution in [2.75, 3.05) is 50.2 Å². The van der Waals surface area contributed by atoms with Gasteiger partial charge in [0.05, 0.1) is 38.8 Å². The second-order valence-corrected chi connectivity index (χ2v) is 8.74. The Morgan fingerprint density at radius 1 is 0.973 bits per heavy atom. The van der Waals surface area contributed by atoms with Crippen LogP contribution in [0.2, 0.25) is 0 Å². The zero-order valence-corrected chi connectivity index (χ0v) is 20.3. The molecule has 0 aliphatic carbocycles. The number of anilines is 2. The smallest absolute Gasteiger partial charge is 0.416 e. The van der Waals surface area contributed by atoms with Crippen molar-refractivity contribution in [2.24, 2.45) is 0 Å². The minimum absolute atomic E-state index is 0.333. The molecule has 1 aliphatic rings. The molecule has 0 saturated carbocycles. The number of fused-ring (bicyclic) bond motifs is 1. The second kappa shape index (κ2) is 10.6. The molecule has 2 aromatic heterocycles. The Hall–Kier alpha value is -3.86. The number of imidazole rings is 1. The summed E-state index contributed by atoms with van der Waals surface area (Å²) in [6.07, 6.45) is -1.95. The van der Waals surface area contributed by atoms with Crippen molar-refractivity contribution in [1.82, 2.24) is 19.5 Å². The molecule has 0 amide bonds. The van der Waals surface area contributed by atoms with Gasteiger partial charge in [-0.3, -0.25) is 0 Å². The van der Waals surface area contributed by atoms with Gasteiger partial charge in [0, 0.05) is 19.6 Å². The fraction of sp³-hybridized carbons (Fsp3) is 0.346. The molecule has 0 unspecified atom stereocenters. The molecule has 5 rings (SSSR count). The molecule has 4 aromatic rings. The fourth-order valence-corrected chi connectivity index (χ4v) is 4.19. The van der Waals surface area contributed by atoms with Gasteiger partial charge in [-0.15, -0.1) is 0 Å². The summed E-state index contributed by atoms with van der Waals surface area (Å²) in [6.45, 7) is 3.48. The van der Waals surface area contributed by atoms with Crippen LogP contribution in [0.1, 0.15) is 16.7 Å². The van der Waals surface area contributed by atoms with E-state index in [4.69, 9.17) is 19.4 Å². The molecular formula is C26H27F3N6O2. The molecule has 37 heavy (non-hydrogen) atoms. The number of rotatable bonds is 8. The van der Waals surface area contributed by atoms with Gasteiger partial charge < -0.3 is 24.3 Å². The summed E-state index contributed by atoms with van der Waals surface area (Å²) in [7, 11) is 1.64. The van der Waals surface area contributed by atoms with Gasteiger partial charge in [0.25, 0.3) is 0 Å². The van der Waals surface area contributed by atoms with Gasteiger partial charge in [0.15, 0.2) is 17.0 Å². The quantitative estimate of drug-likeness (QED) is 0.375. The van der Waals surface area contributed by atoms with Gasteiger partial charge in [-0.25, -0.2) is 4.98 Å². The summed E-state index contributed by atoms with van der Waals surface area (Å²) in [4.78, 5) is 16.2. The van der Waals surface area contributed by atoms with Crippen LogP contribution >= 0.6 is 0 Å². The van der Waals surface area contributed by atoms with Crippen molar-refractivity contribution in [3.8, 4) is 5.75 Å². The number of hydrogen-bond donors (Lipinski definition) is 1. The predicted molar refractivity (Wildman–Crippen MR) is 134 cm³/mol. The third-order valence-electron chi connectivity index (χ3n) is 6.25. The number of hydrogen-bond acceptors (Lipinski definition) is 7. The molecule has 194 valence electrons. The summed E-state index contributed by atoms with van der Waals surface area (Å²) in [5, 5.41) is 3.40. The zero-order valence-electron chi connectivity index (χ0n) is 20.3. The minimum Gasteiger partial charge on any atom is -0.497 e. The third kappa shape index (κ3) is 5.77. The molecule has 1 N–H and O–H groups in total. The van der Waals surface area contributed by atoms with Crippen LogP contribution in [-0.4, -0.2) is 59.5 Å². The van der Waals surface area contributed by atoms with E-state index in [1.54, 1.807) is 13.4 Å². The first-order valence-electron chi connectivity index (χ1n) is 12.0. The Labute approximate surface area is 212 Å². The van der Waals surface area contributed by atoms with Crippen molar-refractivity contribution >= 4 is 22.9 Å². The number of nitrogens with one attached hydrogen (secondary N) is 1. The Morgan fingerprint density at radius 3 is 2.35 bits per heavy atom. The van der Waals surface area contributed by atoms with Crippen LogP contribution in [0.5, 0.6) is 5.75 Å². The van der Waals surface area contributed by atoms with E-state index < -0.39 is 11.7 Å². The van der Waals surface area contributed by atoms with E-state index in [0.29, 0.717) is 67.9 Å². The Bertz CT molecular complexity index is 1330. The van der Waals surface area contributed by atoms with Gasteiger partial charge >= 0.3 is 6.18 Å². The number of nitrogens with zero attached hydrogens (tertiary/aromatic N) is 5. The third-order valence-corrected chi connectivity index (χ3v) is 6.25. The van der Waals surface area contributed by atoms with E-state index in [1.807, 2.05) is 28.8 Å². The molecule has 8 nitrogen and oxygen atoms in total. The zero-order chi connectivity index (χ0) is 25.8. The van der Waals surface area contributed by atoms with Crippen LogP contribution in [0.15, 0.2) is 54.9 Å². The maximum Gasteiger partial charge on any atom is 0.416 e. The summed E-state index contributed by atoms with van der Waals surface area (Å²) in [6, 6.07) is 13.0. The minimum atomic E-state index is -4.37. The number of benzene rings is 2. The van der Waals surface area contributed by atoms with Crippen LogP contribution in [0, 0.1) is 0 Å². The molecule has 3 heterocycles. The Kier molecular flexibility index (Phi) is 7.13. The Balaban J connectivity index is 1.40.